The number of hydroxylamine groups is 2. The summed E-state index contributed by atoms with van der Waals surface area (Å²) in [5, 5.41) is 1.90. The molecule has 0 radical (unpaired) electrons. The zero-order valence-corrected chi connectivity index (χ0v) is 10.3. The van der Waals surface area contributed by atoms with E-state index in [2.05, 4.69) is 31.0 Å². The van der Waals surface area contributed by atoms with E-state index in [4.69, 9.17) is 10.6 Å². The third-order valence-electron chi connectivity index (χ3n) is 2.58. The van der Waals surface area contributed by atoms with Crippen LogP contribution >= 0.6 is 0 Å². The predicted octanol–water partition coefficient (Wildman–Crippen LogP) is 1.95. The Labute approximate surface area is 102 Å². The summed E-state index contributed by atoms with van der Waals surface area (Å²) in [5.41, 5.74) is 6.72. The molecular weight excluding hydrogens is 214 g/mol. The third-order valence-corrected chi connectivity index (χ3v) is 2.58. The van der Waals surface area contributed by atoms with Crippen LogP contribution in [0.4, 0.5) is 0 Å². The number of aliphatic imine (C=N–C) groups is 1. The molecule has 2 N–H and O–H groups in total. The molecule has 4 nitrogen and oxygen atoms in total. The molecule has 0 saturated carbocycles. The number of hydrogen-bond donors (Lipinski definition) is 1. The molecule has 1 atom stereocenters. The van der Waals surface area contributed by atoms with Crippen LogP contribution < -0.4 is 5.73 Å². The van der Waals surface area contributed by atoms with Gasteiger partial charge in [-0.05, 0) is 11.5 Å². The van der Waals surface area contributed by atoms with Gasteiger partial charge in [-0.15, -0.1) is 5.06 Å². The van der Waals surface area contributed by atoms with Crippen LogP contribution in [-0.2, 0) is 4.84 Å². The van der Waals surface area contributed by atoms with Crippen LogP contribution in [0.25, 0.3) is 0 Å². The van der Waals surface area contributed by atoms with Gasteiger partial charge in [0.15, 0.2) is 6.17 Å². The summed E-state index contributed by atoms with van der Waals surface area (Å²) in [6.07, 6.45) is -0.0582. The maximum atomic E-state index is 5.65. The minimum atomic E-state index is -0.0582. The first kappa shape index (κ1) is 12.1. The molecule has 1 aliphatic rings. The van der Waals surface area contributed by atoms with Crippen LogP contribution in [0.2, 0.25) is 0 Å². The Balaban J connectivity index is 2.19. The average molecular weight is 233 g/mol. The average Bonchev–Trinajstić information content (AvgIpc) is 2.72. The van der Waals surface area contributed by atoms with Crippen molar-refractivity contribution in [2.75, 3.05) is 13.1 Å². The third kappa shape index (κ3) is 2.84. The second-order valence-corrected chi connectivity index (χ2v) is 4.60. The number of benzene rings is 1. The molecule has 4 heteroatoms. The van der Waals surface area contributed by atoms with E-state index in [1.54, 1.807) is 0 Å². The van der Waals surface area contributed by atoms with Crippen molar-refractivity contribution in [1.29, 1.82) is 0 Å². The van der Waals surface area contributed by atoms with Gasteiger partial charge in [0.25, 0.3) is 0 Å². The van der Waals surface area contributed by atoms with E-state index >= 15 is 0 Å². The molecule has 1 heterocycles. The van der Waals surface area contributed by atoms with Gasteiger partial charge in [0.05, 0.1) is 6.54 Å². The van der Waals surface area contributed by atoms with E-state index in [1.807, 2.05) is 23.3 Å². The summed E-state index contributed by atoms with van der Waals surface area (Å²) < 4.78 is 0. The van der Waals surface area contributed by atoms with Crippen molar-refractivity contribution in [1.82, 2.24) is 5.06 Å². The molecule has 0 spiro atoms. The molecule has 0 aliphatic carbocycles. The monoisotopic (exact) mass is 233 g/mol. The fraction of sp³-hybridized carbons (Fsp3) is 0.462. The molecule has 0 fully saturated rings. The Bertz CT molecular complexity index is 389. The summed E-state index contributed by atoms with van der Waals surface area (Å²) in [6.45, 7) is 5.50. The zero-order valence-electron chi connectivity index (χ0n) is 10.3. The highest BCUT2D eigenvalue weighted by molar-refractivity contribution is 5.79. The summed E-state index contributed by atoms with van der Waals surface area (Å²) in [6, 6.07) is 10.1. The van der Waals surface area contributed by atoms with Gasteiger partial charge >= 0.3 is 0 Å². The lowest BCUT2D eigenvalue weighted by molar-refractivity contribution is -0.0935. The smallest absolute Gasteiger partial charge is 0.225 e. The Kier molecular flexibility index (Phi) is 3.76. The van der Waals surface area contributed by atoms with Crippen LogP contribution in [-0.4, -0.2) is 24.1 Å². The number of nitrogens with two attached hydrogens (primary N) is 1. The van der Waals surface area contributed by atoms with Crippen LogP contribution in [0, 0.1) is 5.92 Å². The SMILES string of the molecule is CC(C)CN1OC(CN)=N[C@H]1c1ccccc1. The van der Waals surface area contributed by atoms with E-state index in [0.717, 1.165) is 12.1 Å². The van der Waals surface area contributed by atoms with Gasteiger partial charge in [-0.1, -0.05) is 44.2 Å². The molecular formula is C13H19N3O. The first-order chi connectivity index (χ1) is 8.20. The lowest BCUT2D eigenvalue weighted by atomic mass is 10.1. The Morgan fingerprint density at radius 2 is 2.06 bits per heavy atom. The Morgan fingerprint density at radius 1 is 1.35 bits per heavy atom. The second-order valence-electron chi connectivity index (χ2n) is 4.60. The molecule has 0 saturated heterocycles. The van der Waals surface area contributed by atoms with Gasteiger partial charge < -0.3 is 10.6 Å². The van der Waals surface area contributed by atoms with Crippen LogP contribution in [0.1, 0.15) is 25.6 Å². The summed E-state index contributed by atoms with van der Waals surface area (Å²) in [5.74, 6) is 1.13. The molecule has 2 rings (SSSR count). The van der Waals surface area contributed by atoms with Crippen molar-refractivity contribution in [3.05, 3.63) is 35.9 Å². The van der Waals surface area contributed by atoms with E-state index < -0.39 is 0 Å². The molecule has 0 bridgehead atoms. The van der Waals surface area contributed by atoms with E-state index in [0.29, 0.717) is 18.4 Å². The lowest BCUT2D eigenvalue weighted by Crippen LogP contribution is -2.29. The molecule has 0 unspecified atom stereocenters. The summed E-state index contributed by atoms with van der Waals surface area (Å²) in [7, 11) is 0. The van der Waals surface area contributed by atoms with Crippen LogP contribution in [0.15, 0.2) is 35.3 Å². The van der Waals surface area contributed by atoms with Gasteiger partial charge in [0.2, 0.25) is 5.90 Å². The maximum absolute atomic E-state index is 5.65. The van der Waals surface area contributed by atoms with Crippen molar-refractivity contribution >= 4 is 5.90 Å². The highest BCUT2D eigenvalue weighted by Gasteiger charge is 2.29. The van der Waals surface area contributed by atoms with Crippen molar-refractivity contribution in [3.63, 3.8) is 0 Å². The summed E-state index contributed by atoms with van der Waals surface area (Å²) >= 11 is 0. The molecule has 0 amide bonds. The molecule has 0 aromatic heterocycles. The second kappa shape index (κ2) is 5.29. The highest BCUT2D eigenvalue weighted by atomic mass is 16.7. The van der Waals surface area contributed by atoms with Crippen LogP contribution in [0.5, 0.6) is 0 Å². The van der Waals surface area contributed by atoms with Gasteiger partial charge in [-0.25, -0.2) is 4.99 Å². The van der Waals surface area contributed by atoms with Crippen molar-refractivity contribution in [2.45, 2.75) is 20.0 Å². The Morgan fingerprint density at radius 3 is 2.65 bits per heavy atom. The highest BCUT2D eigenvalue weighted by Crippen LogP contribution is 2.28. The topological polar surface area (TPSA) is 50.9 Å². The van der Waals surface area contributed by atoms with Gasteiger partial charge in [0, 0.05) is 6.54 Å². The van der Waals surface area contributed by atoms with Crippen molar-refractivity contribution in [2.24, 2.45) is 16.6 Å². The van der Waals surface area contributed by atoms with Gasteiger partial charge in [-0.2, -0.15) is 0 Å². The largest absolute Gasteiger partial charge is 0.387 e. The molecule has 1 aliphatic heterocycles. The standard InChI is InChI=1S/C13H19N3O/c1-10(2)9-16-13(15-12(8-14)17-16)11-6-4-3-5-7-11/h3-7,10,13H,8-9,14H2,1-2H3/t13-/m1/s1. The first-order valence-electron chi connectivity index (χ1n) is 5.97. The van der Waals surface area contributed by atoms with E-state index in [-0.39, 0.29) is 6.17 Å². The number of nitrogens with zero attached hydrogens (tertiary/aromatic N) is 2. The van der Waals surface area contributed by atoms with Crippen molar-refractivity contribution in [3.8, 4) is 0 Å². The first-order valence-corrected chi connectivity index (χ1v) is 5.97. The minimum Gasteiger partial charge on any atom is -0.387 e. The van der Waals surface area contributed by atoms with Gasteiger partial charge in [-0.3, -0.25) is 0 Å². The maximum Gasteiger partial charge on any atom is 0.225 e. The van der Waals surface area contributed by atoms with Crippen LogP contribution in [0.3, 0.4) is 0 Å². The van der Waals surface area contributed by atoms with Gasteiger partial charge in [0.1, 0.15) is 0 Å². The molecule has 17 heavy (non-hydrogen) atoms. The van der Waals surface area contributed by atoms with E-state index in [1.165, 1.54) is 0 Å². The molecule has 1 aromatic rings. The fourth-order valence-corrected chi connectivity index (χ4v) is 1.86. The minimum absolute atomic E-state index is 0.0582. The molecule has 92 valence electrons. The normalized spacial score (nSPS) is 20.5. The Hall–Kier alpha value is -1.39. The predicted molar refractivity (Wildman–Crippen MR) is 68.3 cm³/mol. The summed E-state index contributed by atoms with van der Waals surface area (Å²) in [4.78, 5) is 10.2. The fourth-order valence-electron chi connectivity index (χ4n) is 1.86. The molecule has 1 aromatic carbocycles. The zero-order chi connectivity index (χ0) is 12.3. The van der Waals surface area contributed by atoms with E-state index in [9.17, 15) is 0 Å². The lowest BCUT2D eigenvalue weighted by Gasteiger charge is -2.23. The number of hydrogen-bond acceptors (Lipinski definition) is 4. The number of rotatable bonds is 4. The quantitative estimate of drug-likeness (QED) is 0.864. The van der Waals surface area contributed by atoms with Crippen molar-refractivity contribution < 1.29 is 4.84 Å².